The predicted octanol–water partition coefficient (Wildman–Crippen LogP) is 0.369. The van der Waals surface area contributed by atoms with Crippen molar-refractivity contribution in [3.8, 4) is 0 Å². The van der Waals surface area contributed by atoms with Gasteiger partial charge in [-0.15, -0.1) is 0 Å². The summed E-state index contributed by atoms with van der Waals surface area (Å²) in [7, 11) is -4.67. The van der Waals surface area contributed by atoms with Gasteiger partial charge in [0.25, 0.3) is 0 Å². The second-order valence-electron chi connectivity index (χ2n) is 5.35. The molecule has 0 aliphatic rings. The quantitative estimate of drug-likeness (QED) is 0.293. The Morgan fingerprint density at radius 3 is 0.933 bits per heavy atom. The van der Waals surface area contributed by atoms with Crippen LogP contribution in [0, 0.1) is 0 Å². The fraction of sp³-hybridized carbons (Fsp3) is 0. The van der Waals surface area contributed by atoms with Crippen LogP contribution < -0.4 is 15.6 Å². The SMILES string of the molecule is O=S(=O)(O)O.c1cc[c]([Ag]([c]2ccccn2)([c]2ccccn2)[c]2ccccn2)nc1. The van der Waals surface area contributed by atoms with Gasteiger partial charge in [0.1, 0.15) is 0 Å². The summed E-state index contributed by atoms with van der Waals surface area (Å²) in [6.07, 6.45) is 7.30. The summed E-state index contributed by atoms with van der Waals surface area (Å²) < 4.78 is 35.5. The van der Waals surface area contributed by atoms with E-state index in [0.29, 0.717) is 0 Å². The Bertz CT molecular complexity index is 995. The molecule has 4 aromatic rings. The molecule has 0 atom stereocenters. The minimum atomic E-state index is -4.67. The van der Waals surface area contributed by atoms with E-state index in [1.54, 1.807) is 0 Å². The Hall–Kier alpha value is -2.79. The van der Waals surface area contributed by atoms with E-state index in [9.17, 15) is 0 Å². The molecule has 0 spiro atoms. The molecule has 30 heavy (non-hydrogen) atoms. The molecule has 0 fully saturated rings. The summed E-state index contributed by atoms with van der Waals surface area (Å²) in [5.41, 5.74) is 0. The first kappa shape index (κ1) is 21.9. The van der Waals surface area contributed by atoms with Gasteiger partial charge in [-0.3, -0.25) is 9.11 Å². The molecule has 8 nitrogen and oxygen atoms in total. The Morgan fingerprint density at radius 1 is 0.533 bits per heavy atom. The Balaban J connectivity index is 0.000000461. The zero-order valence-corrected chi connectivity index (χ0v) is 17.7. The van der Waals surface area contributed by atoms with Gasteiger partial charge in [0, 0.05) is 0 Å². The number of pyridine rings is 4. The van der Waals surface area contributed by atoms with Crippen molar-refractivity contribution in [3.05, 3.63) is 97.6 Å². The van der Waals surface area contributed by atoms with Crippen molar-refractivity contribution in [1.29, 1.82) is 0 Å². The Labute approximate surface area is 177 Å². The van der Waals surface area contributed by atoms with Gasteiger partial charge < -0.3 is 0 Å². The van der Waals surface area contributed by atoms with Crippen molar-refractivity contribution in [1.82, 2.24) is 19.9 Å². The van der Waals surface area contributed by atoms with Crippen LogP contribution in [0.2, 0.25) is 0 Å². The fourth-order valence-corrected chi connectivity index (χ4v) is 8.30. The van der Waals surface area contributed by atoms with Crippen LogP contribution in [0.15, 0.2) is 97.6 Å². The predicted molar refractivity (Wildman–Crippen MR) is 110 cm³/mol. The third kappa shape index (κ3) is 5.22. The first-order valence-electron chi connectivity index (χ1n) is 8.38. The summed E-state index contributed by atoms with van der Waals surface area (Å²) in [5, 5.41) is 0. The van der Waals surface area contributed by atoms with Gasteiger partial charge in [0.15, 0.2) is 0 Å². The molecule has 10 heteroatoms. The van der Waals surface area contributed by atoms with Gasteiger partial charge >= 0.3 is 161 Å². The van der Waals surface area contributed by atoms with E-state index in [4.69, 9.17) is 37.5 Å². The van der Waals surface area contributed by atoms with Gasteiger partial charge in [-0.2, -0.15) is 8.42 Å². The van der Waals surface area contributed by atoms with Gasteiger partial charge in [0.05, 0.1) is 0 Å². The van der Waals surface area contributed by atoms with Crippen molar-refractivity contribution in [3.63, 3.8) is 0 Å². The molecule has 0 aliphatic carbocycles. The third-order valence-electron chi connectivity index (χ3n) is 3.35. The summed E-state index contributed by atoms with van der Waals surface area (Å²) in [6.45, 7) is 0. The van der Waals surface area contributed by atoms with Crippen LogP contribution in [0.1, 0.15) is 0 Å². The van der Waals surface area contributed by atoms with Crippen molar-refractivity contribution in [2.24, 2.45) is 0 Å². The van der Waals surface area contributed by atoms with E-state index in [1.165, 1.54) is 0 Å². The van der Waals surface area contributed by atoms with Crippen LogP contribution in [-0.4, -0.2) is 37.5 Å². The number of hydrogen-bond acceptors (Lipinski definition) is 6. The van der Waals surface area contributed by atoms with Gasteiger partial charge in [-0.05, 0) is 0 Å². The van der Waals surface area contributed by atoms with E-state index < -0.39 is 27.5 Å². The standard InChI is InChI=1S/4C5H4N.Ag.H2O4S/c4*1-2-4-6-5-3-1;;1-5(2,3)4/h4*1-4H;;(H2,1,2,3,4). The molecule has 0 saturated heterocycles. The molecule has 2 N–H and O–H groups in total. The molecule has 4 aromatic heterocycles. The number of hydrogen-bond donors (Lipinski definition) is 2. The van der Waals surface area contributed by atoms with E-state index in [1.807, 2.05) is 73.3 Å². The molecule has 0 unspecified atom stereocenters. The van der Waals surface area contributed by atoms with E-state index in [0.717, 1.165) is 15.6 Å². The van der Waals surface area contributed by atoms with Crippen molar-refractivity contribution in [2.75, 3.05) is 0 Å². The van der Waals surface area contributed by atoms with Crippen molar-refractivity contribution >= 4 is 26.0 Å². The van der Waals surface area contributed by atoms with E-state index >= 15 is 0 Å². The molecular weight excluding hydrogens is 500 g/mol. The molecule has 0 aromatic carbocycles. The maximum absolute atomic E-state index is 8.74. The van der Waals surface area contributed by atoms with Crippen LogP contribution in [-0.2, 0) is 27.5 Å². The normalized spacial score (nSPS) is 11.8. The zero-order valence-electron chi connectivity index (χ0n) is 15.4. The summed E-state index contributed by atoms with van der Waals surface area (Å²) in [5.74, 6) is 0. The second kappa shape index (κ2) is 9.81. The molecular formula is C20H18AgN4O4S. The first-order valence-corrected chi connectivity index (χ1v) is 12.7. The minimum absolute atomic E-state index is 0.979. The van der Waals surface area contributed by atoms with Gasteiger partial charge in [-0.1, -0.05) is 0 Å². The summed E-state index contributed by atoms with van der Waals surface area (Å²) in [4.78, 5) is 18.9. The Morgan fingerprint density at radius 2 is 0.767 bits per heavy atom. The summed E-state index contributed by atoms with van der Waals surface area (Å²) in [6, 6.07) is 24.0. The molecule has 0 amide bonds. The van der Waals surface area contributed by atoms with Gasteiger partial charge in [-0.25, -0.2) is 0 Å². The van der Waals surface area contributed by atoms with Crippen molar-refractivity contribution < 1.29 is 34.7 Å². The molecule has 0 aliphatic heterocycles. The fourth-order valence-electron chi connectivity index (χ4n) is 2.33. The van der Waals surface area contributed by atoms with Crippen molar-refractivity contribution in [2.45, 2.75) is 0 Å². The van der Waals surface area contributed by atoms with Crippen LogP contribution in [0.3, 0.4) is 0 Å². The zero-order chi connectivity index (χ0) is 21.5. The topological polar surface area (TPSA) is 126 Å². The maximum atomic E-state index is 8.74. The Kier molecular flexibility index (Phi) is 7.16. The van der Waals surface area contributed by atoms with E-state index in [-0.39, 0.29) is 0 Å². The van der Waals surface area contributed by atoms with Crippen LogP contribution >= 0.6 is 0 Å². The third-order valence-corrected chi connectivity index (χ3v) is 9.66. The summed E-state index contributed by atoms with van der Waals surface area (Å²) >= 11 is -2.76. The number of nitrogens with zero attached hydrogens (tertiary/aromatic N) is 4. The van der Waals surface area contributed by atoms with Crippen LogP contribution in [0.4, 0.5) is 0 Å². The number of rotatable bonds is 4. The molecule has 0 bridgehead atoms. The molecule has 4 rings (SSSR count). The average Bonchev–Trinajstić information content (AvgIpc) is 2.76. The van der Waals surface area contributed by atoms with E-state index in [2.05, 4.69) is 24.3 Å². The molecule has 4 heterocycles. The first-order chi connectivity index (χ1) is 14.4. The molecule has 159 valence electrons. The molecule has 0 saturated carbocycles. The molecule has 0 radical (unpaired) electrons. The van der Waals surface area contributed by atoms with Crippen LogP contribution in [0.5, 0.6) is 0 Å². The second-order valence-corrected chi connectivity index (χ2v) is 11.5. The van der Waals surface area contributed by atoms with Crippen LogP contribution in [0.25, 0.3) is 0 Å². The number of aromatic nitrogens is 4. The average molecular weight is 518 g/mol. The monoisotopic (exact) mass is 517 g/mol. The van der Waals surface area contributed by atoms with Gasteiger partial charge in [0.2, 0.25) is 0 Å².